The SMILES string of the molecule is CCCc1cc(C(=O)NC2(C)CCS(=O)(=O)C2)cc(N)n1. The average molecular weight is 311 g/mol. The van der Waals surface area contributed by atoms with E-state index in [1.54, 1.807) is 13.0 Å². The molecule has 1 aromatic heterocycles. The number of aromatic nitrogens is 1. The number of pyridine rings is 1. The van der Waals surface area contributed by atoms with E-state index < -0.39 is 15.4 Å². The maximum atomic E-state index is 12.3. The third-order valence-electron chi connectivity index (χ3n) is 3.59. The molecule has 1 aliphatic rings. The summed E-state index contributed by atoms with van der Waals surface area (Å²) in [5, 5.41) is 2.82. The smallest absolute Gasteiger partial charge is 0.251 e. The zero-order valence-electron chi connectivity index (χ0n) is 12.3. The molecule has 7 heteroatoms. The van der Waals surface area contributed by atoms with Gasteiger partial charge in [0.2, 0.25) is 0 Å². The number of nitrogen functional groups attached to an aromatic ring is 1. The van der Waals surface area contributed by atoms with E-state index in [4.69, 9.17) is 5.73 Å². The lowest BCUT2D eigenvalue weighted by Crippen LogP contribution is -2.47. The van der Waals surface area contributed by atoms with Crippen molar-refractivity contribution in [3.8, 4) is 0 Å². The molecule has 0 aliphatic carbocycles. The second-order valence-corrected chi connectivity index (χ2v) is 8.06. The monoisotopic (exact) mass is 311 g/mol. The van der Waals surface area contributed by atoms with Crippen molar-refractivity contribution in [2.75, 3.05) is 17.2 Å². The van der Waals surface area contributed by atoms with Crippen LogP contribution in [0.4, 0.5) is 5.82 Å². The lowest BCUT2D eigenvalue weighted by atomic mass is 10.0. The normalized spacial score (nSPS) is 23.9. The van der Waals surface area contributed by atoms with Gasteiger partial charge in [0.25, 0.3) is 5.91 Å². The van der Waals surface area contributed by atoms with E-state index in [9.17, 15) is 13.2 Å². The molecule has 0 saturated carbocycles. The third-order valence-corrected chi connectivity index (χ3v) is 5.49. The lowest BCUT2D eigenvalue weighted by molar-refractivity contribution is 0.0915. The molecule has 3 N–H and O–H groups in total. The first-order valence-electron chi connectivity index (χ1n) is 7.02. The predicted octanol–water partition coefficient (Wildman–Crippen LogP) is 0.923. The highest BCUT2D eigenvalue weighted by Gasteiger charge is 2.39. The number of sulfone groups is 1. The van der Waals surface area contributed by atoms with E-state index in [-0.39, 0.29) is 17.4 Å². The van der Waals surface area contributed by atoms with Gasteiger partial charge in [0, 0.05) is 11.3 Å². The zero-order chi connectivity index (χ0) is 15.7. The molecule has 1 aliphatic heterocycles. The molecule has 1 unspecified atom stereocenters. The number of carbonyl (C=O) groups is 1. The van der Waals surface area contributed by atoms with Gasteiger partial charge in [-0.15, -0.1) is 0 Å². The standard InChI is InChI=1S/C14H21N3O3S/c1-3-4-11-7-10(8-12(15)16-11)13(18)17-14(2)5-6-21(19,20)9-14/h7-8H,3-6,9H2,1-2H3,(H2,15,16)(H,17,18). The van der Waals surface area contributed by atoms with Crippen LogP contribution in [0.2, 0.25) is 0 Å². The molecule has 116 valence electrons. The number of amides is 1. The van der Waals surface area contributed by atoms with Crippen LogP contribution in [0.5, 0.6) is 0 Å². The molecule has 1 amide bonds. The molecule has 2 rings (SSSR count). The first kappa shape index (κ1) is 15.8. The Kier molecular flexibility index (Phi) is 4.22. The maximum absolute atomic E-state index is 12.3. The summed E-state index contributed by atoms with van der Waals surface area (Å²) in [5.74, 6) is 0.0913. The van der Waals surface area contributed by atoms with Gasteiger partial charge in [-0.3, -0.25) is 4.79 Å². The van der Waals surface area contributed by atoms with Gasteiger partial charge in [-0.2, -0.15) is 0 Å². The minimum absolute atomic E-state index is 0.0197. The lowest BCUT2D eigenvalue weighted by Gasteiger charge is -2.24. The molecule has 6 nitrogen and oxygen atoms in total. The number of carbonyl (C=O) groups excluding carboxylic acids is 1. The van der Waals surface area contributed by atoms with Gasteiger partial charge in [-0.05, 0) is 31.9 Å². The fourth-order valence-electron chi connectivity index (χ4n) is 2.58. The number of nitrogens with one attached hydrogen (secondary N) is 1. The van der Waals surface area contributed by atoms with Crippen LogP contribution in [-0.2, 0) is 16.3 Å². The van der Waals surface area contributed by atoms with Gasteiger partial charge in [-0.25, -0.2) is 13.4 Å². The Morgan fingerprint density at radius 3 is 2.76 bits per heavy atom. The Balaban J connectivity index is 2.17. The van der Waals surface area contributed by atoms with Crippen molar-refractivity contribution in [3.05, 3.63) is 23.4 Å². The van der Waals surface area contributed by atoms with Crippen LogP contribution >= 0.6 is 0 Å². The van der Waals surface area contributed by atoms with Crippen LogP contribution in [0.25, 0.3) is 0 Å². The summed E-state index contributed by atoms with van der Waals surface area (Å²) in [7, 11) is -3.06. The average Bonchev–Trinajstić information content (AvgIpc) is 2.63. The largest absolute Gasteiger partial charge is 0.384 e. The topological polar surface area (TPSA) is 102 Å². The van der Waals surface area contributed by atoms with E-state index in [1.165, 1.54) is 6.07 Å². The minimum atomic E-state index is -3.06. The Morgan fingerprint density at radius 1 is 1.48 bits per heavy atom. The summed E-state index contributed by atoms with van der Waals surface area (Å²) in [4.78, 5) is 16.5. The van der Waals surface area contributed by atoms with Gasteiger partial charge < -0.3 is 11.1 Å². The summed E-state index contributed by atoms with van der Waals surface area (Å²) < 4.78 is 23.2. The summed E-state index contributed by atoms with van der Waals surface area (Å²) in [6, 6.07) is 3.23. The molecule has 0 bridgehead atoms. The fraction of sp³-hybridized carbons (Fsp3) is 0.571. The quantitative estimate of drug-likeness (QED) is 0.861. The number of nitrogens with two attached hydrogens (primary N) is 1. The maximum Gasteiger partial charge on any atom is 0.251 e. The number of nitrogens with zero attached hydrogens (tertiary/aromatic N) is 1. The first-order valence-corrected chi connectivity index (χ1v) is 8.84. The fourth-order valence-corrected chi connectivity index (χ4v) is 4.67. The molecule has 0 radical (unpaired) electrons. The van der Waals surface area contributed by atoms with Gasteiger partial charge in [0.1, 0.15) is 5.82 Å². The summed E-state index contributed by atoms with van der Waals surface area (Å²) in [6.07, 6.45) is 2.09. The zero-order valence-corrected chi connectivity index (χ0v) is 13.2. The van der Waals surface area contributed by atoms with E-state index in [1.807, 2.05) is 6.92 Å². The second-order valence-electron chi connectivity index (χ2n) is 5.88. The Hall–Kier alpha value is -1.63. The number of hydrogen-bond acceptors (Lipinski definition) is 5. The summed E-state index contributed by atoms with van der Waals surface area (Å²) in [6.45, 7) is 3.78. The highest BCUT2D eigenvalue weighted by atomic mass is 32.2. The van der Waals surface area contributed by atoms with Crippen LogP contribution in [0, 0.1) is 0 Å². The van der Waals surface area contributed by atoms with Gasteiger partial charge in [0.15, 0.2) is 9.84 Å². The molecule has 1 saturated heterocycles. The molecule has 1 aromatic rings. The Labute approximate surface area is 125 Å². The molecule has 2 heterocycles. The molecular weight excluding hydrogens is 290 g/mol. The van der Waals surface area contributed by atoms with E-state index in [2.05, 4.69) is 10.3 Å². The van der Waals surface area contributed by atoms with Crippen molar-refractivity contribution < 1.29 is 13.2 Å². The van der Waals surface area contributed by atoms with E-state index in [0.29, 0.717) is 17.8 Å². The van der Waals surface area contributed by atoms with Crippen molar-refractivity contribution >= 4 is 21.6 Å². The summed E-state index contributed by atoms with van der Waals surface area (Å²) >= 11 is 0. The van der Waals surface area contributed by atoms with Crippen LogP contribution in [0.1, 0.15) is 42.7 Å². The number of rotatable bonds is 4. The van der Waals surface area contributed by atoms with E-state index >= 15 is 0 Å². The molecule has 0 aromatic carbocycles. The van der Waals surface area contributed by atoms with Crippen molar-refractivity contribution in [3.63, 3.8) is 0 Å². The van der Waals surface area contributed by atoms with Crippen molar-refractivity contribution in [1.82, 2.24) is 10.3 Å². The predicted molar refractivity (Wildman–Crippen MR) is 81.8 cm³/mol. The molecule has 1 fully saturated rings. The third kappa shape index (κ3) is 3.93. The number of aryl methyl sites for hydroxylation is 1. The van der Waals surface area contributed by atoms with Crippen LogP contribution < -0.4 is 11.1 Å². The minimum Gasteiger partial charge on any atom is -0.384 e. The van der Waals surface area contributed by atoms with Crippen molar-refractivity contribution in [2.45, 2.75) is 38.6 Å². The number of anilines is 1. The second kappa shape index (κ2) is 5.63. The molecule has 21 heavy (non-hydrogen) atoms. The van der Waals surface area contributed by atoms with Crippen LogP contribution in [0.15, 0.2) is 12.1 Å². The van der Waals surface area contributed by atoms with Gasteiger partial charge in [0.05, 0.1) is 17.0 Å². The summed E-state index contributed by atoms with van der Waals surface area (Å²) in [5.41, 5.74) is 6.21. The van der Waals surface area contributed by atoms with Crippen LogP contribution in [0.3, 0.4) is 0 Å². The molecular formula is C14H21N3O3S. The van der Waals surface area contributed by atoms with Gasteiger partial charge in [-0.1, -0.05) is 13.3 Å². The van der Waals surface area contributed by atoms with Crippen molar-refractivity contribution in [2.24, 2.45) is 0 Å². The Morgan fingerprint density at radius 2 is 2.19 bits per heavy atom. The highest BCUT2D eigenvalue weighted by molar-refractivity contribution is 7.91. The molecule has 1 atom stereocenters. The van der Waals surface area contributed by atoms with Gasteiger partial charge >= 0.3 is 0 Å². The molecule has 0 spiro atoms. The highest BCUT2D eigenvalue weighted by Crippen LogP contribution is 2.23. The number of hydrogen-bond donors (Lipinski definition) is 2. The van der Waals surface area contributed by atoms with Crippen LogP contribution in [-0.4, -0.2) is 36.4 Å². The van der Waals surface area contributed by atoms with Crippen molar-refractivity contribution in [1.29, 1.82) is 0 Å². The first-order chi connectivity index (χ1) is 9.73. The Bertz CT molecular complexity index is 657. The van der Waals surface area contributed by atoms with E-state index in [0.717, 1.165) is 18.5 Å².